The van der Waals surface area contributed by atoms with Crippen LogP contribution in [0, 0.1) is 0 Å². The van der Waals surface area contributed by atoms with Crippen molar-refractivity contribution < 1.29 is 22.7 Å². The molecule has 0 saturated carbocycles. The van der Waals surface area contributed by atoms with E-state index in [0.717, 1.165) is 10.9 Å². The Labute approximate surface area is 176 Å². The van der Waals surface area contributed by atoms with Gasteiger partial charge in [-0.05, 0) is 60.9 Å². The van der Waals surface area contributed by atoms with Crippen LogP contribution in [0.15, 0.2) is 60.1 Å². The standard InChI is InChI=1S/C22H21F3N2O2S/c23-22(24,25)17-8-3-7-16(14-17)6-1-2-10-19-20(11-4-12-26-19)29-21(28)27-15-18-9-5-13-30-18/h3-5,7-9,11-14H,1-2,6,10,15H2,(H,27,28). The molecule has 0 aliphatic carbocycles. The van der Waals surface area contributed by atoms with Crippen LogP contribution in [0.4, 0.5) is 18.0 Å². The minimum absolute atomic E-state index is 0.389. The molecule has 0 aliphatic heterocycles. The lowest BCUT2D eigenvalue weighted by atomic mass is 10.0. The Morgan fingerprint density at radius 1 is 1.07 bits per heavy atom. The summed E-state index contributed by atoms with van der Waals surface area (Å²) in [5, 5.41) is 4.63. The van der Waals surface area contributed by atoms with Crippen LogP contribution in [-0.2, 0) is 25.6 Å². The zero-order valence-electron chi connectivity index (χ0n) is 16.1. The number of nitrogens with one attached hydrogen (secondary N) is 1. The van der Waals surface area contributed by atoms with E-state index in [0.29, 0.717) is 49.2 Å². The maximum atomic E-state index is 12.8. The quantitative estimate of drug-likeness (QED) is 0.442. The number of carbonyl (C=O) groups excluding carboxylic acids is 1. The van der Waals surface area contributed by atoms with Gasteiger partial charge in [0.1, 0.15) is 0 Å². The highest BCUT2D eigenvalue weighted by Crippen LogP contribution is 2.30. The van der Waals surface area contributed by atoms with E-state index in [4.69, 9.17) is 4.74 Å². The molecular formula is C22H21F3N2O2S. The van der Waals surface area contributed by atoms with Crippen LogP contribution in [0.25, 0.3) is 0 Å². The van der Waals surface area contributed by atoms with Gasteiger partial charge in [0, 0.05) is 11.1 Å². The first-order valence-corrected chi connectivity index (χ1v) is 10.4. The Morgan fingerprint density at radius 2 is 1.90 bits per heavy atom. The van der Waals surface area contributed by atoms with Gasteiger partial charge in [-0.15, -0.1) is 11.3 Å². The van der Waals surface area contributed by atoms with Gasteiger partial charge in [0.05, 0.1) is 17.8 Å². The first-order chi connectivity index (χ1) is 14.4. The topological polar surface area (TPSA) is 51.2 Å². The predicted octanol–water partition coefficient (Wildman–Crippen LogP) is 6.02. The molecule has 4 nitrogen and oxygen atoms in total. The number of alkyl halides is 3. The Morgan fingerprint density at radius 3 is 2.67 bits per heavy atom. The predicted molar refractivity (Wildman–Crippen MR) is 110 cm³/mol. The van der Waals surface area contributed by atoms with E-state index in [1.807, 2.05) is 17.5 Å². The third-order valence-corrected chi connectivity index (χ3v) is 5.30. The van der Waals surface area contributed by atoms with Crippen molar-refractivity contribution in [2.24, 2.45) is 0 Å². The molecular weight excluding hydrogens is 413 g/mol. The molecule has 0 saturated heterocycles. The molecule has 8 heteroatoms. The molecule has 0 bridgehead atoms. The van der Waals surface area contributed by atoms with Crippen LogP contribution >= 0.6 is 11.3 Å². The first-order valence-electron chi connectivity index (χ1n) is 9.50. The number of thiophene rings is 1. The number of hydrogen-bond donors (Lipinski definition) is 1. The van der Waals surface area contributed by atoms with Crippen LogP contribution in [0.2, 0.25) is 0 Å². The lowest BCUT2D eigenvalue weighted by Gasteiger charge is -2.10. The van der Waals surface area contributed by atoms with Gasteiger partial charge in [-0.25, -0.2) is 4.79 Å². The third-order valence-electron chi connectivity index (χ3n) is 4.42. The molecule has 3 rings (SSSR count). The number of aromatic nitrogens is 1. The van der Waals surface area contributed by atoms with E-state index in [1.165, 1.54) is 12.1 Å². The SMILES string of the molecule is O=C(NCc1cccs1)Oc1cccnc1CCCCc1cccc(C(F)(F)F)c1. The van der Waals surface area contributed by atoms with Gasteiger partial charge in [0.15, 0.2) is 5.75 Å². The molecule has 2 heterocycles. The van der Waals surface area contributed by atoms with Crippen LogP contribution in [0.5, 0.6) is 5.75 Å². The van der Waals surface area contributed by atoms with E-state index in [9.17, 15) is 18.0 Å². The molecule has 30 heavy (non-hydrogen) atoms. The van der Waals surface area contributed by atoms with Crippen molar-refractivity contribution in [2.45, 2.75) is 38.4 Å². The second kappa shape index (κ2) is 10.2. The maximum absolute atomic E-state index is 12.8. The van der Waals surface area contributed by atoms with Crippen molar-refractivity contribution in [1.29, 1.82) is 0 Å². The molecule has 3 aromatic rings. The van der Waals surface area contributed by atoms with Gasteiger partial charge < -0.3 is 10.1 Å². The van der Waals surface area contributed by atoms with Crippen molar-refractivity contribution in [3.63, 3.8) is 0 Å². The summed E-state index contributed by atoms with van der Waals surface area (Å²) in [6.45, 7) is 0.392. The molecule has 2 aromatic heterocycles. The minimum atomic E-state index is -4.33. The Balaban J connectivity index is 1.48. The number of benzene rings is 1. The number of unbranched alkanes of at least 4 members (excludes halogenated alkanes) is 1. The lowest BCUT2D eigenvalue weighted by molar-refractivity contribution is -0.137. The van der Waals surface area contributed by atoms with Crippen LogP contribution in [-0.4, -0.2) is 11.1 Å². The Hall–Kier alpha value is -2.87. The van der Waals surface area contributed by atoms with E-state index >= 15 is 0 Å². The molecule has 0 spiro atoms. The summed E-state index contributed by atoms with van der Waals surface area (Å²) < 4.78 is 43.8. The number of hydrogen-bond acceptors (Lipinski definition) is 4. The van der Waals surface area contributed by atoms with Gasteiger partial charge >= 0.3 is 12.3 Å². The van der Waals surface area contributed by atoms with Crippen molar-refractivity contribution in [2.75, 3.05) is 0 Å². The summed E-state index contributed by atoms with van der Waals surface area (Å²) in [5.74, 6) is 0.389. The minimum Gasteiger partial charge on any atom is -0.408 e. The fourth-order valence-electron chi connectivity index (χ4n) is 2.94. The number of nitrogens with zero attached hydrogens (tertiary/aromatic N) is 1. The number of rotatable bonds is 8. The fourth-order valence-corrected chi connectivity index (χ4v) is 3.58. The van der Waals surface area contributed by atoms with Gasteiger partial charge in [0.2, 0.25) is 0 Å². The Bertz CT molecular complexity index is 959. The summed E-state index contributed by atoms with van der Waals surface area (Å²) >= 11 is 1.54. The highest BCUT2D eigenvalue weighted by molar-refractivity contribution is 7.09. The van der Waals surface area contributed by atoms with Crippen molar-refractivity contribution in [3.05, 3.63) is 81.8 Å². The van der Waals surface area contributed by atoms with E-state index < -0.39 is 17.8 Å². The molecule has 1 N–H and O–H groups in total. The monoisotopic (exact) mass is 434 g/mol. The molecule has 1 amide bonds. The second-order valence-electron chi connectivity index (χ2n) is 6.68. The molecule has 0 atom stereocenters. The van der Waals surface area contributed by atoms with E-state index in [1.54, 1.807) is 35.7 Å². The second-order valence-corrected chi connectivity index (χ2v) is 7.71. The molecule has 158 valence electrons. The van der Waals surface area contributed by atoms with E-state index in [-0.39, 0.29) is 0 Å². The molecule has 0 fully saturated rings. The summed E-state index contributed by atoms with van der Waals surface area (Å²) in [7, 11) is 0. The number of halogens is 3. The number of ether oxygens (including phenoxy) is 1. The average Bonchev–Trinajstić information content (AvgIpc) is 3.24. The zero-order chi connectivity index (χ0) is 21.4. The fraction of sp³-hybridized carbons (Fsp3) is 0.273. The maximum Gasteiger partial charge on any atom is 0.416 e. The van der Waals surface area contributed by atoms with Gasteiger partial charge in [-0.2, -0.15) is 13.2 Å². The normalized spacial score (nSPS) is 11.3. The lowest BCUT2D eigenvalue weighted by Crippen LogP contribution is -2.26. The highest BCUT2D eigenvalue weighted by Gasteiger charge is 2.30. The summed E-state index contributed by atoms with van der Waals surface area (Å²) in [5.41, 5.74) is 0.664. The molecule has 0 aliphatic rings. The van der Waals surface area contributed by atoms with Crippen LogP contribution in [0.3, 0.4) is 0 Å². The number of amides is 1. The summed E-state index contributed by atoms with van der Waals surface area (Å²) in [4.78, 5) is 17.3. The number of aryl methyl sites for hydroxylation is 2. The van der Waals surface area contributed by atoms with Gasteiger partial charge in [0.25, 0.3) is 0 Å². The summed E-state index contributed by atoms with van der Waals surface area (Å²) in [6.07, 6.45) is -0.760. The van der Waals surface area contributed by atoms with Crippen LogP contribution in [0.1, 0.15) is 34.5 Å². The molecule has 1 aromatic carbocycles. The summed E-state index contributed by atoms with van der Waals surface area (Å²) in [6, 6.07) is 12.6. The smallest absolute Gasteiger partial charge is 0.408 e. The van der Waals surface area contributed by atoms with Crippen molar-refractivity contribution in [3.8, 4) is 5.75 Å². The zero-order valence-corrected chi connectivity index (χ0v) is 16.9. The highest BCUT2D eigenvalue weighted by atomic mass is 32.1. The van der Waals surface area contributed by atoms with Gasteiger partial charge in [-0.1, -0.05) is 24.3 Å². The van der Waals surface area contributed by atoms with Gasteiger partial charge in [-0.3, -0.25) is 4.98 Å². The number of pyridine rings is 1. The Kier molecular flexibility index (Phi) is 7.46. The average molecular weight is 434 g/mol. The van der Waals surface area contributed by atoms with Crippen LogP contribution < -0.4 is 10.1 Å². The van der Waals surface area contributed by atoms with Crippen molar-refractivity contribution in [1.82, 2.24) is 10.3 Å². The molecule has 0 unspecified atom stereocenters. The molecule has 0 radical (unpaired) electrons. The first kappa shape index (κ1) is 21.8. The largest absolute Gasteiger partial charge is 0.416 e. The third kappa shape index (κ3) is 6.59. The number of carbonyl (C=O) groups is 1. The van der Waals surface area contributed by atoms with E-state index in [2.05, 4.69) is 10.3 Å². The van der Waals surface area contributed by atoms with Crippen molar-refractivity contribution >= 4 is 17.4 Å².